The first kappa shape index (κ1) is 22.8. The largest absolute Gasteiger partial charge is 0.493 e. The third-order valence-electron chi connectivity index (χ3n) is 5.03. The third kappa shape index (κ3) is 5.83. The maximum absolute atomic E-state index is 13.7. The van der Waals surface area contributed by atoms with E-state index in [2.05, 4.69) is 10.3 Å². The van der Waals surface area contributed by atoms with E-state index in [1.54, 1.807) is 31.3 Å². The Morgan fingerprint density at radius 2 is 2.03 bits per heavy atom. The second-order valence-electron chi connectivity index (χ2n) is 7.79. The summed E-state index contributed by atoms with van der Waals surface area (Å²) in [6.45, 7) is 3.87. The number of H-pyrrole nitrogens is 1. The highest BCUT2D eigenvalue weighted by atomic mass is 19.1. The summed E-state index contributed by atoms with van der Waals surface area (Å²) in [6, 6.07) is 9.19. The van der Waals surface area contributed by atoms with Crippen LogP contribution >= 0.6 is 0 Å². The van der Waals surface area contributed by atoms with Crippen molar-refractivity contribution in [3.8, 4) is 5.75 Å². The molecule has 2 aromatic carbocycles. The molecule has 0 radical (unpaired) electrons. The molecule has 166 valence electrons. The molecule has 6 nitrogen and oxygen atoms in total. The van der Waals surface area contributed by atoms with Gasteiger partial charge in [0.05, 0.1) is 30.9 Å². The molecule has 2 unspecified atom stereocenters. The number of amides is 1. The van der Waals surface area contributed by atoms with E-state index in [0.29, 0.717) is 30.8 Å². The quantitative estimate of drug-likeness (QED) is 0.398. The number of nitrogens with one attached hydrogen (secondary N) is 2. The monoisotopic (exact) mass is 428 g/mol. The Bertz CT molecular complexity index is 1030. The van der Waals surface area contributed by atoms with Gasteiger partial charge in [-0.15, -0.1) is 0 Å². The Labute approximate surface area is 181 Å². The van der Waals surface area contributed by atoms with Crippen molar-refractivity contribution in [2.75, 3.05) is 13.2 Å². The van der Waals surface area contributed by atoms with Crippen LogP contribution < -0.4 is 10.1 Å². The van der Waals surface area contributed by atoms with Crippen LogP contribution in [0, 0.1) is 5.82 Å². The number of ether oxygens (including phenoxy) is 1. The molecule has 3 rings (SSSR count). The number of carbonyl (C=O) groups is 1. The first-order valence-electron chi connectivity index (χ1n) is 10.5. The summed E-state index contributed by atoms with van der Waals surface area (Å²) >= 11 is 0. The number of aromatic nitrogens is 1. The first-order valence-corrected chi connectivity index (χ1v) is 10.5. The molecule has 7 heteroatoms. The highest BCUT2D eigenvalue weighted by Crippen LogP contribution is 2.23. The van der Waals surface area contributed by atoms with E-state index in [1.165, 1.54) is 12.1 Å². The van der Waals surface area contributed by atoms with Crippen molar-refractivity contribution in [3.63, 3.8) is 0 Å². The molecule has 0 saturated carbocycles. The highest BCUT2D eigenvalue weighted by molar-refractivity contribution is 5.97. The second-order valence-corrected chi connectivity index (χ2v) is 7.79. The number of benzene rings is 2. The van der Waals surface area contributed by atoms with Gasteiger partial charge in [-0.05, 0) is 67.6 Å². The summed E-state index contributed by atoms with van der Waals surface area (Å²) in [5.74, 6) is -0.256. The van der Waals surface area contributed by atoms with Crippen LogP contribution in [-0.2, 0) is 12.8 Å². The molecule has 4 N–H and O–H groups in total. The minimum absolute atomic E-state index is 0.272. The summed E-state index contributed by atoms with van der Waals surface area (Å²) < 4.78 is 19.4. The summed E-state index contributed by atoms with van der Waals surface area (Å²) in [5, 5.41) is 23.1. The second kappa shape index (κ2) is 10.4. The molecule has 31 heavy (non-hydrogen) atoms. The number of aromatic amines is 1. The lowest BCUT2D eigenvalue weighted by Gasteiger charge is -2.18. The predicted octanol–water partition coefficient (Wildman–Crippen LogP) is 3.35. The molecule has 0 aliphatic carbocycles. The topological polar surface area (TPSA) is 94.6 Å². The van der Waals surface area contributed by atoms with Gasteiger partial charge in [0, 0.05) is 17.1 Å². The molecule has 0 saturated heterocycles. The number of aliphatic hydroxyl groups excluding tert-OH is 2. The molecule has 0 aliphatic rings. The van der Waals surface area contributed by atoms with E-state index < -0.39 is 12.1 Å². The molecule has 0 aliphatic heterocycles. The average Bonchev–Trinajstić information content (AvgIpc) is 3.13. The van der Waals surface area contributed by atoms with Crippen molar-refractivity contribution in [3.05, 3.63) is 65.1 Å². The van der Waals surface area contributed by atoms with E-state index in [0.717, 1.165) is 28.5 Å². The zero-order valence-electron chi connectivity index (χ0n) is 17.8. The van der Waals surface area contributed by atoms with Crippen molar-refractivity contribution >= 4 is 16.8 Å². The van der Waals surface area contributed by atoms with Crippen LogP contribution in [0.4, 0.5) is 4.39 Å². The van der Waals surface area contributed by atoms with Gasteiger partial charge in [0.2, 0.25) is 0 Å². The minimum atomic E-state index is -0.561. The van der Waals surface area contributed by atoms with Gasteiger partial charge in [-0.3, -0.25) is 4.79 Å². The molecule has 3 aromatic rings. The zero-order chi connectivity index (χ0) is 22.4. The molecule has 1 heterocycles. The van der Waals surface area contributed by atoms with Crippen LogP contribution in [0.5, 0.6) is 5.75 Å². The first-order chi connectivity index (χ1) is 14.9. The lowest BCUT2D eigenvalue weighted by molar-refractivity contribution is 0.0912. The molecule has 0 spiro atoms. The fourth-order valence-corrected chi connectivity index (χ4v) is 3.57. The van der Waals surface area contributed by atoms with E-state index in [1.807, 2.05) is 13.0 Å². The number of aliphatic hydroxyl groups is 2. The van der Waals surface area contributed by atoms with Crippen LogP contribution in [0.2, 0.25) is 0 Å². The van der Waals surface area contributed by atoms with Gasteiger partial charge in [-0.1, -0.05) is 13.0 Å². The smallest absolute Gasteiger partial charge is 0.255 e. The number of halogens is 1. The fourth-order valence-electron chi connectivity index (χ4n) is 3.57. The average molecular weight is 429 g/mol. The van der Waals surface area contributed by atoms with Gasteiger partial charge < -0.3 is 25.3 Å². The molecule has 2 atom stereocenters. The lowest BCUT2D eigenvalue weighted by Crippen LogP contribution is -2.39. The van der Waals surface area contributed by atoms with Crippen molar-refractivity contribution in [1.82, 2.24) is 10.3 Å². The molecule has 0 fully saturated rings. The fraction of sp³-hybridized carbons (Fsp3) is 0.375. The normalized spacial score (nSPS) is 13.2. The van der Waals surface area contributed by atoms with Crippen molar-refractivity contribution in [1.29, 1.82) is 0 Å². The predicted molar refractivity (Wildman–Crippen MR) is 118 cm³/mol. The van der Waals surface area contributed by atoms with Crippen LogP contribution in [0.25, 0.3) is 10.9 Å². The van der Waals surface area contributed by atoms with E-state index in [-0.39, 0.29) is 18.3 Å². The zero-order valence-corrected chi connectivity index (χ0v) is 17.8. The molecular weight excluding hydrogens is 399 g/mol. The van der Waals surface area contributed by atoms with Crippen LogP contribution in [0.3, 0.4) is 0 Å². The molecule has 1 amide bonds. The van der Waals surface area contributed by atoms with Crippen molar-refractivity contribution < 1.29 is 24.1 Å². The van der Waals surface area contributed by atoms with E-state index in [4.69, 9.17) is 4.74 Å². The Hall–Kier alpha value is -2.90. The number of hydrogen-bond donors (Lipinski definition) is 4. The highest BCUT2D eigenvalue weighted by Gasteiger charge is 2.19. The Kier molecular flexibility index (Phi) is 7.65. The summed E-state index contributed by atoms with van der Waals surface area (Å²) in [4.78, 5) is 16.1. The number of hydrogen-bond acceptors (Lipinski definition) is 4. The number of rotatable bonds is 10. The van der Waals surface area contributed by atoms with Crippen molar-refractivity contribution in [2.24, 2.45) is 0 Å². The van der Waals surface area contributed by atoms with Crippen molar-refractivity contribution in [2.45, 2.75) is 45.3 Å². The van der Waals surface area contributed by atoms with Gasteiger partial charge in [-0.25, -0.2) is 4.39 Å². The standard InChI is InChI=1S/C24H29FN2O4/c1-3-8-31-23-7-4-16(9-15(2)29)10-21(23)24(30)27-19(14-28)11-17-13-26-22-6-5-18(25)12-20(17)22/h4-7,10,12-13,15,19,26,28-29H,3,8-9,11,14H2,1-2H3,(H,27,30). The maximum Gasteiger partial charge on any atom is 0.255 e. The summed E-state index contributed by atoms with van der Waals surface area (Å²) in [6.07, 6.45) is 2.78. The molecule has 0 bridgehead atoms. The van der Waals surface area contributed by atoms with Gasteiger partial charge in [0.1, 0.15) is 11.6 Å². The van der Waals surface area contributed by atoms with Crippen LogP contribution in [0.1, 0.15) is 41.8 Å². The maximum atomic E-state index is 13.7. The van der Waals surface area contributed by atoms with Gasteiger partial charge in [-0.2, -0.15) is 0 Å². The van der Waals surface area contributed by atoms with Gasteiger partial charge >= 0.3 is 0 Å². The third-order valence-corrected chi connectivity index (χ3v) is 5.03. The van der Waals surface area contributed by atoms with Gasteiger partial charge in [0.15, 0.2) is 0 Å². The Morgan fingerprint density at radius 3 is 2.74 bits per heavy atom. The summed E-state index contributed by atoms with van der Waals surface area (Å²) in [7, 11) is 0. The Balaban J connectivity index is 1.80. The summed E-state index contributed by atoms with van der Waals surface area (Å²) in [5.41, 5.74) is 2.77. The molecular formula is C24H29FN2O4. The minimum Gasteiger partial charge on any atom is -0.493 e. The van der Waals surface area contributed by atoms with Gasteiger partial charge in [0.25, 0.3) is 5.91 Å². The van der Waals surface area contributed by atoms with Crippen LogP contribution in [0.15, 0.2) is 42.6 Å². The molecule has 1 aromatic heterocycles. The van der Waals surface area contributed by atoms with E-state index >= 15 is 0 Å². The van der Waals surface area contributed by atoms with Crippen LogP contribution in [-0.4, -0.2) is 46.5 Å². The Morgan fingerprint density at radius 1 is 1.23 bits per heavy atom. The number of fused-ring (bicyclic) bond motifs is 1. The van der Waals surface area contributed by atoms with E-state index in [9.17, 15) is 19.4 Å². The lowest BCUT2D eigenvalue weighted by atomic mass is 10.0. The number of carbonyl (C=O) groups excluding carboxylic acids is 1. The SMILES string of the molecule is CCCOc1ccc(CC(C)O)cc1C(=O)NC(CO)Cc1c[nH]c2ccc(F)cc12.